The lowest BCUT2D eigenvalue weighted by atomic mass is 10.1. The fraction of sp³-hybridized carbons (Fsp3) is 0. The summed E-state index contributed by atoms with van der Waals surface area (Å²) in [5.41, 5.74) is 8.44. The van der Waals surface area contributed by atoms with Gasteiger partial charge in [-0.25, -0.2) is 0 Å². The number of hydrogen-bond acceptors (Lipinski definition) is 3. The maximum atomic E-state index is 8.92. The monoisotopic (exact) mass is 369 g/mol. The van der Waals surface area contributed by atoms with E-state index in [1.54, 1.807) is 18.2 Å². The molecule has 90 valence electrons. The number of benzene rings is 2. The van der Waals surface area contributed by atoms with E-state index in [-0.39, 0.29) is 0 Å². The largest absolute Gasteiger partial charge is 0.396 e. The Labute approximate surface area is 124 Å². The molecule has 0 aliphatic heterocycles. The SMILES string of the molecule is N#Cc1cccc(Nc2ccc(Cl)cc2I)c1N. The average molecular weight is 370 g/mol. The van der Waals surface area contributed by atoms with E-state index in [0.717, 1.165) is 9.26 Å². The Balaban J connectivity index is 2.38. The van der Waals surface area contributed by atoms with Gasteiger partial charge in [0.1, 0.15) is 6.07 Å². The number of para-hydroxylation sites is 1. The summed E-state index contributed by atoms with van der Waals surface area (Å²) in [4.78, 5) is 0. The molecular formula is C13H9ClIN3. The van der Waals surface area contributed by atoms with Crippen molar-refractivity contribution < 1.29 is 0 Å². The summed E-state index contributed by atoms with van der Waals surface area (Å²) in [6.07, 6.45) is 0. The Kier molecular flexibility index (Phi) is 3.94. The quantitative estimate of drug-likeness (QED) is 0.618. The molecule has 0 aliphatic rings. The zero-order chi connectivity index (χ0) is 13.1. The second-order valence-electron chi connectivity index (χ2n) is 3.63. The highest BCUT2D eigenvalue weighted by Crippen LogP contribution is 2.29. The van der Waals surface area contributed by atoms with Gasteiger partial charge >= 0.3 is 0 Å². The highest BCUT2D eigenvalue weighted by molar-refractivity contribution is 14.1. The number of nitriles is 1. The van der Waals surface area contributed by atoms with Crippen molar-refractivity contribution in [2.24, 2.45) is 0 Å². The smallest absolute Gasteiger partial charge is 0.101 e. The van der Waals surface area contributed by atoms with Crippen molar-refractivity contribution in [3.05, 3.63) is 50.6 Å². The molecule has 0 saturated heterocycles. The first-order valence-electron chi connectivity index (χ1n) is 5.12. The molecule has 0 fully saturated rings. The summed E-state index contributed by atoms with van der Waals surface area (Å²) in [7, 11) is 0. The predicted molar refractivity (Wildman–Crippen MR) is 83.0 cm³/mol. The second-order valence-corrected chi connectivity index (χ2v) is 5.23. The molecule has 0 aromatic heterocycles. The third-order valence-electron chi connectivity index (χ3n) is 2.43. The Morgan fingerprint density at radius 2 is 2.00 bits per heavy atom. The second kappa shape index (κ2) is 5.46. The summed E-state index contributed by atoms with van der Waals surface area (Å²) >= 11 is 8.09. The summed E-state index contributed by atoms with van der Waals surface area (Å²) in [6, 6.07) is 12.9. The van der Waals surface area contributed by atoms with E-state index in [4.69, 9.17) is 22.6 Å². The molecule has 0 aliphatic carbocycles. The first-order chi connectivity index (χ1) is 8.61. The molecule has 0 saturated carbocycles. The molecule has 0 unspecified atom stereocenters. The molecule has 0 spiro atoms. The molecule has 18 heavy (non-hydrogen) atoms. The molecule has 5 heteroatoms. The molecule has 2 aromatic rings. The molecule has 2 aromatic carbocycles. The summed E-state index contributed by atoms with van der Waals surface area (Å²) < 4.78 is 0.988. The van der Waals surface area contributed by atoms with Gasteiger partial charge in [0.25, 0.3) is 0 Å². The number of rotatable bonds is 2. The lowest BCUT2D eigenvalue weighted by Crippen LogP contribution is -1.99. The maximum absolute atomic E-state index is 8.92. The van der Waals surface area contributed by atoms with Gasteiger partial charge in [-0.05, 0) is 52.9 Å². The van der Waals surface area contributed by atoms with Crippen LogP contribution >= 0.6 is 34.2 Å². The summed E-state index contributed by atoms with van der Waals surface area (Å²) in [6.45, 7) is 0. The van der Waals surface area contributed by atoms with E-state index >= 15 is 0 Å². The number of nitrogen functional groups attached to an aromatic ring is 1. The Morgan fingerprint density at radius 1 is 1.22 bits per heavy atom. The van der Waals surface area contributed by atoms with Crippen molar-refractivity contribution in [1.29, 1.82) is 5.26 Å². The molecule has 0 bridgehead atoms. The van der Waals surface area contributed by atoms with Crippen molar-refractivity contribution in [2.45, 2.75) is 0 Å². The average Bonchev–Trinajstić information content (AvgIpc) is 2.35. The summed E-state index contributed by atoms with van der Waals surface area (Å²) in [5.74, 6) is 0. The van der Waals surface area contributed by atoms with Gasteiger partial charge in [-0.15, -0.1) is 0 Å². The van der Waals surface area contributed by atoms with Gasteiger partial charge in [-0.2, -0.15) is 5.26 Å². The van der Waals surface area contributed by atoms with Gasteiger partial charge in [0, 0.05) is 8.59 Å². The first kappa shape index (κ1) is 13.0. The molecule has 0 heterocycles. The van der Waals surface area contributed by atoms with Crippen molar-refractivity contribution in [2.75, 3.05) is 11.1 Å². The van der Waals surface area contributed by atoms with Crippen LogP contribution in [0.2, 0.25) is 5.02 Å². The number of anilines is 3. The lowest BCUT2D eigenvalue weighted by molar-refractivity contribution is 1.46. The number of halogens is 2. The van der Waals surface area contributed by atoms with Crippen molar-refractivity contribution in [1.82, 2.24) is 0 Å². The third kappa shape index (κ3) is 2.68. The predicted octanol–water partition coefficient (Wildman–Crippen LogP) is 4.14. The van der Waals surface area contributed by atoms with E-state index in [1.807, 2.05) is 18.2 Å². The zero-order valence-electron chi connectivity index (χ0n) is 9.24. The van der Waals surface area contributed by atoms with Crippen LogP contribution in [0.15, 0.2) is 36.4 Å². The topological polar surface area (TPSA) is 61.8 Å². The van der Waals surface area contributed by atoms with Crippen LogP contribution in [0.25, 0.3) is 0 Å². The van der Waals surface area contributed by atoms with Gasteiger partial charge in [-0.3, -0.25) is 0 Å². The van der Waals surface area contributed by atoms with Crippen molar-refractivity contribution in [3.63, 3.8) is 0 Å². The normalized spacial score (nSPS) is 9.83. The van der Waals surface area contributed by atoms with Gasteiger partial charge in [0.2, 0.25) is 0 Å². The zero-order valence-corrected chi connectivity index (χ0v) is 12.2. The lowest BCUT2D eigenvalue weighted by Gasteiger charge is -2.11. The van der Waals surface area contributed by atoms with Gasteiger partial charge in [0.05, 0.1) is 22.6 Å². The van der Waals surface area contributed by atoms with E-state index in [1.165, 1.54) is 0 Å². The molecule has 3 nitrogen and oxygen atoms in total. The van der Waals surface area contributed by atoms with Crippen LogP contribution < -0.4 is 11.1 Å². The molecular weight excluding hydrogens is 361 g/mol. The van der Waals surface area contributed by atoms with Crippen LogP contribution in [0.3, 0.4) is 0 Å². The minimum atomic E-state index is 0.450. The van der Waals surface area contributed by atoms with E-state index < -0.39 is 0 Å². The van der Waals surface area contributed by atoms with E-state index in [2.05, 4.69) is 34.0 Å². The van der Waals surface area contributed by atoms with Crippen molar-refractivity contribution >= 4 is 51.3 Å². The van der Waals surface area contributed by atoms with E-state index in [9.17, 15) is 0 Å². The fourth-order valence-electron chi connectivity index (χ4n) is 1.51. The minimum Gasteiger partial charge on any atom is -0.396 e. The van der Waals surface area contributed by atoms with Crippen LogP contribution in [0.1, 0.15) is 5.56 Å². The third-order valence-corrected chi connectivity index (χ3v) is 3.55. The molecule has 0 radical (unpaired) electrons. The molecule has 0 atom stereocenters. The molecule has 2 rings (SSSR count). The Bertz CT molecular complexity index is 635. The summed E-state index contributed by atoms with van der Waals surface area (Å²) in [5, 5.41) is 12.8. The minimum absolute atomic E-state index is 0.450. The van der Waals surface area contributed by atoms with Crippen LogP contribution in [0.5, 0.6) is 0 Å². The standard InChI is InChI=1S/C13H9ClIN3/c14-9-4-5-11(10(15)6-9)18-12-3-1-2-8(7-16)13(12)17/h1-6,18H,17H2. The molecule has 0 amide bonds. The fourth-order valence-corrected chi connectivity index (χ4v) is 2.51. The number of nitrogens with two attached hydrogens (primary N) is 1. The van der Waals surface area contributed by atoms with E-state index in [0.29, 0.717) is 22.0 Å². The van der Waals surface area contributed by atoms with Gasteiger partial charge in [0.15, 0.2) is 0 Å². The maximum Gasteiger partial charge on any atom is 0.101 e. The highest BCUT2D eigenvalue weighted by Gasteiger charge is 2.06. The van der Waals surface area contributed by atoms with Crippen LogP contribution in [-0.4, -0.2) is 0 Å². The first-order valence-corrected chi connectivity index (χ1v) is 6.58. The van der Waals surface area contributed by atoms with Crippen molar-refractivity contribution in [3.8, 4) is 6.07 Å². The van der Waals surface area contributed by atoms with Crippen LogP contribution in [0, 0.1) is 14.9 Å². The Morgan fingerprint density at radius 3 is 2.67 bits per heavy atom. The number of hydrogen-bond donors (Lipinski definition) is 2. The van der Waals surface area contributed by atoms with Gasteiger partial charge < -0.3 is 11.1 Å². The molecule has 3 N–H and O–H groups in total. The van der Waals surface area contributed by atoms with Crippen LogP contribution in [-0.2, 0) is 0 Å². The van der Waals surface area contributed by atoms with Crippen LogP contribution in [0.4, 0.5) is 17.1 Å². The Hall–Kier alpha value is -1.45. The van der Waals surface area contributed by atoms with Gasteiger partial charge in [-0.1, -0.05) is 17.7 Å². The number of nitrogens with zero attached hydrogens (tertiary/aromatic N) is 1. The highest BCUT2D eigenvalue weighted by atomic mass is 127. The number of nitrogens with one attached hydrogen (secondary N) is 1.